The highest BCUT2D eigenvalue weighted by Crippen LogP contribution is 2.35. The van der Waals surface area contributed by atoms with E-state index < -0.39 is 5.97 Å². The normalized spacial score (nSPS) is 16.4. The lowest BCUT2D eigenvalue weighted by atomic mass is 10.4. The molecule has 1 fully saturated rings. The van der Waals surface area contributed by atoms with E-state index in [4.69, 9.17) is 5.11 Å². The topological polar surface area (TPSA) is 55.1 Å². The van der Waals surface area contributed by atoms with Gasteiger partial charge < -0.3 is 5.11 Å². The Hall–Kier alpha value is -0.840. The van der Waals surface area contributed by atoms with Crippen molar-refractivity contribution in [3.8, 4) is 0 Å². The van der Waals surface area contributed by atoms with Gasteiger partial charge in [0.05, 0.1) is 6.04 Å². The van der Waals surface area contributed by atoms with Gasteiger partial charge in [-0.25, -0.2) is 4.79 Å². The van der Waals surface area contributed by atoms with Gasteiger partial charge in [0.1, 0.15) is 10.3 Å². The van der Waals surface area contributed by atoms with Crippen LogP contribution in [0.5, 0.6) is 0 Å². The average molecular weight is 231 g/mol. The maximum Gasteiger partial charge on any atom is 0.354 e. The molecule has 0 aliphatic heterocycles. The van der Waals surface area contributed by atoms with Crippen LogP contribution in [0, 0.1) is 0 Å². The standard InChI is InChI=1S/C7H7BrN2O2/c8-6-3-5(7(11)12)10(9-6)4-1-2-4/h3-4H,1-2H2,(H,11,12). The first-order valence-corrected chi connectivity index (χ1v) is 4.46. The Morgan fingerprint density at radius 2 is 2.42 bits per heavy atom. The van der Waals surface area contributed by atoms with Gasteiger partial charge in [0.15, 0.2) is 0 Å². The zero-order valence-corrected chi connectivity index (χ0v) is 7.78. The first-order valence-electron chi connectivity index (χ1n) is 3.67. The molecule has 0 spiro atoms. The number of halogens is 1. The molecule has 4 nitrogen and oxygen atoms in total. The van der Waals surface area contributed by atoms with Crippen LogP contribution in [-0.4, -0.2) is 20.9 Å². The van der Waals surface area contributed by atoms with E-state index in [1.165, 1.54) is 6.07 Å². The predicted octanol–water partition coefficient (Wildman–Crippen LogP) is 1.68. The molecule has 2 rings (SSSR count). The zero-order valence-electron chi connectivity index (χ0n) is 6.20. The summed E-state index contributed by atoms with van der Waals surface area (Å²) in [5.74, 6) is -0.917. The molecule has 1 aliphatic rings. The van der Waals surface area contributed by atoms with Crippen molar-refractivity contribution in [3.63, 3.8) is 0 Å². The van der Waals surface area contributed by atoms with Crippen molar-refractivity contribution in [3.05, 3.63) is 16.4 Å². The largest absolute Gasteiger partial charge is 0.477 e. The van der Waals surface area contributed by atoms with Crippen LogP contribution in [0.4, 0.5) is 0 Å². The number of carboxylic acids is 1. The Morgan fingerprint density at radius 3 is 2.92 bits per heavy atom. The molecule has 1 aromatic heterocycles. The second-order valence-electron chi connectivity index (χ2n) is 2.83. The van der Waals surface area contributed by atoms with Gasteiger partial charge in [0.25, 0.3) is 0 Å². The molecule has 12 heavy (non-hydrogen) atoms. The Kier molecular flexibility index (Phi) is 1.68. The summed E-state index contributed by atoms with van der Waals surface area (Å²) in [6.45, 7) is 0. The van der Waals surface area contributed by atoms with Crippen LogP contribution in [-0.2, 0) is 0 Å². The summed E-state index contributed by atoms with van der Waals surface area (Å²) in [5.41, 5.74) is 0.268. The number of carboxylic acid groups (broad SMARTS) is 1. The predicted molar refractivity (Wildman–Crippen MR) is 45.2 cm³/mol. The molecule has 64 valence electrons. The van der Waals surface area contributed by atoms with Crippen LogP contribution in [0.25, 0.3) is 0 Å². The molecule has 1 N–H and O–H groups in total. The molecule has 1 heterocycles. The zero-order chi connectivity index (χ0) is 8.72. The minimum Gasteiger partial charge on any atom is -0.477 e. The molecular formula is C7H7BrN2O2. The third kappa shape index (κ3) is 1.24. The number of hydrogen-bond donors (Lipinski definition) is 1. The molecule has 0 bridgehead atoms. The maximum absolute atomic E-state index is 10.7. The number of aromatic carboxylic acids is 1. The minimum atomic E-state index is -0.917. The van der Waals surface area contributed by atoms with E-state index in [0.29, 0.717) is 10.6 Å². The molecule has 0 atom stereocenters. The fourth-order valence-electron chi connectivity index (χ4n) is 1.12. The van der Waals surface area contributed by atoms with Crippen LogP contribution < -0.4 is 0 Å². The van der Waals surface area contributed by atoms with E-state index in [9.17, 15) is 4.79 Å². The Balaban J connectivity index is 2.43. The molecule has 1 aromatic rings. The molecule has 0 amide bonds. The van der Waals surface area contributed by atoms with Gasteiger partial charge in [-0.15, -0.1) is 0 Å². The maximum atomic E-state index is 10.7. The monoisotopic (exact) mass is 230 g/mol. The lowest BCUT2D eigenvalue weighted by Crippen LogP contribution is -2.07. The highest BCUT2D eigenvalue weighted by molar-refractivity contribution is 9.10. The number of nitrogens with zero attached hydrogens (tertiary/aromatic N) is 2. The van der Waals surface area contributed by atoms with Crippen molar-refractivity contribution >= 4 is 21.9 Å². The van der Waals surface area contributed by atoms with Crippen LogP contribution in [0.3, 0.4) is 0 Å². The summed E-state index contributed by atoms with van der Waals surface area (Å²) in [4.78, 5) is 10.7. The number of carbonyl (C=O) groups is 1. The van der Waals surface area contributed by atoms with E-state index in [1.807, 2.05) is 0 Å². The van der Waals surface area contributed by atoms with Gasteiger partial charge >= 0.3 is 5.97 Å². The average Bonchev–Trinajstić information content (AvgIpc) is 2.75. The molecule has 5 heteroatoms. The summed E-state index contributed by atoms with van der Waals surface area (Å²) < 4.78 is 2.17. The van der Waals surface area contributed by atoms with Gasteiger partial charge in [0, 0.05) is 6.07 Å². The van der Waals surface area contributed by atoms with Gasteiger partial charge in [-0.3, -0.25) is 4.68 Å². The fourth-order valence-corrected chi connectivity index (χ4v) is 1.51. The van der Waals surface area contributed by atoms with Crippen LogP contribution in [0.1, 0.15) is 29.4 Å². The summed E-state index contributed by atoms with van der Waals surface area (Å²) in [5, 5.41) is 12.8. The van der Waals surface area contributed by atoms with Crippen molar-refractivity contribution in [2.24, 2.45) is 0 Å². The molecule has 0 saturated heterocycles. The van der Waals surface area contributed by atoms with Crippen molar-refractivity contribution in [2.45, 2.75) is 18.9 Å². The van der Waals surface area contributed by atoms with E-state index in [0.717, 1.165) is 12.8 Å². The third-order valence-electron chi connectivity index (χ3n) is 1.82. The second-order valence-corrected chi connectivity index (χ2v) is 3.65. The molecule has 0 aromatic carbocycles. The summed E-state index contributed by atoms with van der Waals surface area (Å²) in [6.07, 6.45) is 2.07. The second kappa shape index (κ2) is 2.58. The number of hydrogen-bond acceptors (Lipinski definition) is 2. The molecule has 1 aliphatic carbocycles. The van der Waals surface area contributed by atoms with Crippen LogP contribution in [0.2, 0.25) is 0 Å². The third-order valence-corrected chi connectivity index (χ3v) is 2.21. The first-order chi connectivity index (χ1) is 5.68. The molecule has 1 saturated carbocycles. The Morgan fingerprint density at radius 1 is 1.75 bits per heavy atom. The molecular weight excluding hydrogens is 224 g/mol. The number of rotatable bonds is 2. The lowest BCUT2D eigenvalue weighted by Gasteiger charge is -1.99. The Bertz CT molecular complexity index is 330. The van der Waals surface area contributed by atoms with Gasteiger partial charge in [-0.2, -0.15) is 5.10 Å². The summed E-state index contributed by atoms with van der Waals surface area (Å²) in [7, 11) is 0. The summed E-state index contributed by atoms with van der Waals surface area (Å²) in [6, 6.07) is 1.84. The van der Waals surface area contributed by atoms with E-state index >= 15 is 0 Å². The quantitative estimate of drug-likeness (QED) is 0.842. The van der Waals surface area contributed by atoms with Crippen molar-refractivity contribution in [1.29, 1.82) is 0 Å². The van der Waals surface area contributed by atoms with Gasteiger partial charge in [0.2, 0.25) is 0 Å². The van der Waals surface area contributed by atoms with Crippen LogP contribution in [0.15, 0.2) is 10.7 Å². The van der Waals surface area contributed by atoms with E-state index in [2.05, 4.69) is 21.0 Å². The summed E-state index contributed by atoms with van der Waals surface area (Å²) >= 11 is 3.15. The van der Waals surface area contributed by atoms with Crippen LogP contribution >= 0.6 is 15.9 Å². The molecule has 0 radical (unpaired) electrons. The molecule has 0 unspecified atom stereocenters. The van der Waals surface area contributed by atoms with Crippen molar-refractivity contribution < 1.29 is 9.90 Å². The fraction of sp³-hybridized carbons (Fsp3) is 0.429. The van der Waals surface area contributed by atoms with Gasteiger partial charge in [-0.1, -0.05) is 0 Å². The van der Waals surface area contributed by atoms with Crippen molar-refractivity contribution in [2.75, 3.05) is 0 Å². The smallest absolute Gasteiger partial charge is 0.354 e. The SMILES string of the molecule is O=C(O)c1cc(Br)nn1C1CC1. The lowest BCUT2D eigenvalue weighted by molar-refractivity contribution is 0.0683. The Labute approximate surface area is 77.3 Å². The van der Waals surface area contributed by atoms with E-state index in [1.54, 1.807) is 4.68 Å². The van der Waals surface area contributed by atoms with E-state index in [-0.39, 0.29) is 5.69 Å². The number of aromatic nitrogens is 2. The first kappa shape index (κ1) is 7.79. The van der Waals surface area contributed by atoms with Crippen molar-refractivity contribution in [1.82, 2.24) is 9.78 Å². The highest BCUT2D eigenvalue weighted by atomic mass is 79.9. The van der Waals surface area contributed by atoms with Gasteiger partial charge in [-0.05, 0) is 28.8 Å². The highest BCUT2D eigenvalue weighted by Gasteiger charge is 2.28. The minimum absolute atomic E-state index is 0.268.